The predicted molar refractivity (Wildman–Crippen MR) is 95.1 cm³/mol. The normalized spacial score (nSPS) is 21.2. The lowest BCUT2D eigenvalue weighted by Crippen LogP contribution is -2.41. The van der Waals surface area contributed by atoms with Gasteiger partial charge in [-0.15, -0.1) is 0 Å². The Morgan fingerprint density at radius 2 is 2.04 bits per heavy atom. The van der Waals surface area contributed by atoms with E-state index in [-0.39, 0.29) is 5.91 Å². The van der Waals surface area contributed by atoms with Gasteiger partial charge < -0.3 is 5.32 Å². The van der Waals surface area contributed by atoms with Gasteiger partial charge >= 0.3 is 0 Å². The van der Waals surface area contributed by atoms with Gasteiger partial charge in [0.25, 0.3) is 0 Å². The molecule has 1 N–H and O–H groups in total. The minimum absolute atomic E-state index is 0.157. The zero-order valence-electron chi connectivity index (χ0n) is 15.2. The summed E-state index contributed by atoms with van der Waals surface area (Å²) in [5, 5.41) is 7.74. The van der Waals surface area contributed by atoms with E-state index >= 15 is 0 Å². The first-order chi connectivity index (χ1) is 11.5. The summed E-state index contributed by atoms with van der Waals surface area (Å²) < 4.78 is 1.89. The molecule has 0 spiro atoms. The molecule has 0 saturated heterocycles. The Hall–Kier alpha value is -1.91. The van der Waals surface area contributed by atoms with E-state index in [1.54, 1.807) is 0 Å². The number of amides is 1. The van der Waals surface area contributed by atoms with Crippen LogP contribution in [0, 0.1) is 26.7 Å². The highest BCUT2D eigenvalue weighted by Gasteiger charge is 2.23. The van der Waals surface area contributed by atoms with Crippen molar-refractivity contribution in [1.29, 1.82) is 0 Å². The summed E-state index contributed by atoms with van der Waals surface area (Å²) in [5.41, 5.74) is 5.07. The number of carbonyl (C=O) groups is 1. The second-order valence-electron chi connectivity index (χ2n) is 7.25. The molecule has 2 heterocycles. The van der Waals surface area contributed by atoms with Crippen LogP contribution >= 0.6 is 0 Å². The molecule has 1 amide bonds. The number of hydrogen-bond acceptors (Lipinski definition) is 3. The van der Waals surface area contributed by atoms with Gasteiger partial charge in [-0.3, -0.25) is 4.79 Å². The highest BCUT2D eigenvalue weighted by molar-refractivity contribution is 5.76. The average Bonchev–Trinajstić information content (AvgIpc) is 2.90. The van der Waals surface area contributed by atoms with Crippen LogP contribution in [0.15, 0.2) is 6.07 Å². The van der Waals surface area contributed by atoms with E-state index < -0.39 is 0 Å². The van der Waals surface area contributed by atoms with Crippen molar-refractivity contribution in [2.75, 3.05) is 0 Å². The highest BCUT2D eigenvalue weighted by Crippen LogP contribution is 2.24. The van der Waals surface area contributed by atoms with Gasteiger partial charge in [-0.2, -0.15) is 5.10 Å². The molecule has 1 aliphatic carbocycles. The molecular weight excluding hydrogens is 300 g/mol. The van der Waals surface area contributed by atoms with Crippen molar-refractivity contribution in [3.05, 3.63) is 28.7 Å². The van der Waals surface area contributed by atoms with E-state index in [1.165, 1.54) is 19.3 Å². The van der Waals surface area contributed by atoms with Gasteiger partial charge in [0.1, 0.15) is 0 Å². The molecule has 2 unspecified atom stereocenters. The van der Waals surface area contributed by atoms with Crippen molar-refractivity contribution < 1.29 is 4.79 Å². The Labute approximate surface area is 143 Å². The number of carbonyl (C=O) groups excluding carboxylic acids is 1. The maximum absolute atomic E-state index is 12.4. The lowest BCUT2D eigenvalue weighted by molar-refractivity contribution is -0.122. The molecule has 0 radical (unpaired) electrons. The standard InChI is InChI=1S/C19H28N4O/c1-12-7-5-6-8-17(12)21-19(24)10-9-16-14(3)20-18-11-13(2)22-23(18)15(16)4/h11-12,17H,5-10H2,1-4H3,(H,21,24). The first-order valence-electron chi connectivity index (χ1n) is 9.07. The predicted octanol–water partition coefficient (Wildman–Crippen LogP) is 3.28. The number of rotatable bonds is 4. The fourth-order valence-corrected chi connectivity index (χ4v) is 3.85. The lowest BCUT2D eigenvalue weighted by Gasteiger charge is -2.29. The van der Waals surface area contributed by atoms with Crippen LogP contribution in [-0.2, 0) is 11.2 Å². The molecule has 5 nitrogen and oxygen atoms in total. The Balaban J connectivity index is 1.67. The second kappa shape index (κ2) is 6.91. The average molecular weight is 328 g/mol. The summed E-state index contributed by atoms with van der Waals surface area (Å²) in [6.07, 6.45) is 6.09. The van der Waals surface area contributed by atoms with Crippen LogP contribution in [0.1, 0.15) is 61.7 Å². The maximum Gasteiger partial charge on any atom is 0.220 e. The Kier molecular flexibility index (Phi) is 4.88. The summed E-state index contributed by atoms with van der Waals surface area (Å²) in [7, 11) is 0. The van der Waals surface area contributed by atoms with E-state index in [2.05, 4.69) is 29.2 Å². The summed E-state index contributed by atoms with van der Waals surface area (Å²) in [4.78, 5) is 17.0. The quantitative estimate of drug-likeness (QED) is 0.937. The van der Waals surface area contributed by atoms with E-state index in [1.807, 2.05) is 24.4 Å². The largest absolute Gasteiger partial charge is 0.353 e. The zero-order chi connectivity index (χ0) is 17.3. The Morgan fingerprint density at radius 1 is 1.29 bits per heavy atom. The molecule has 1 fully saturated rings. The van der Waals surface area contributed by atoms with Gasteiger partial charge in [0.15, 0.2) is 5.65 Å². The minimum atomic E-state index is 0.157. The number of fused-ring (bicyclic) bond motifs is 1. The molecule has 2 aromatic heterocycles. The van der Waals surface area contributed by atoms with E-state index in [4.69, 9.17) is 0 Å². The van der Waals surface area contributed by atoms with E-state index in [0.717, 1.165) is 34.7 Å². The minimum Gasteiger partial charge on any atom is -0.353 e. The van der Waals surface area contributed by atoms with Crippen molar-refractivity contribution in [1.82, 2.24) is 19.9 Å². The van der Waals surface area contributed by atoms with Gasteiger partial charge in [-0.1, -0.05) is 19.8 Å². The van der Waals surface area contributed by atoms with Crippen molar-refractivity contribution in [3.63, 3.8) is 0 Å². The fraction of sp³-hybridized carbons (Fsp3) is 0.632. The highest BCUT2D eigenvalue weighted by atomic mass is 16.1. The fourth-order valence-electron chi connectivity index (χ4n) is 3.85. The third kappa shape index (κ3) is 3.45. The molecule has 3 rings (SSSR count). The van der Waals surface area contributed by atoms with E-state index in [9.17, 15) is 4.79 Å². The molecule has 1 saturated carbocycles. The summed E-state index contributed by atoms with van der Waals surface area (Å²) in [6, 6.07) is 2.34. The van der Waals surface area contributed by atoms with Crippen LogP contribution in [0.3, 0.4) is 0 Å². The molecule has 0 bridgehead atoms. The van der Waals surface area contributed by atoms with Gasteiger partial charge in [-0.05, 0) is 51.5 Å². The molecule has 0 aromatic carbocycles. The number of nitrogens with zero attached hydrogens (tertiary/aromatic N) is 3. The molecule has 0 aliphatic heterocycles. The summed E-state index contributed by atoms with van der Waals surface area (Å²) >= 11 is 0. The van der Waals surface area contributed by atoms with Gasteiger partial charge in [0.2, 0.25) is 5.91 Å². The monoisotopic (exact) mass is 328 g/mol. The molecule has 1 aliphatic rings. The van der Waals surface area contributed by atoms with Crippen LogP contribution in [0.25, 0.3) is 5.65 Å². The SMILES string of the molecule is Cc1cc2nc(C)c(CCC(=O)NC3CCCCC3C)c(C)n2n1. The third-order valence-corrected chi connectivity index (χ3v) is 5.35. The molecule has 130 valence electrons. The van der Waals surface area contributed by atoms with Crippen LogP contribution in [-0.4, -0.2) is 26.5 Å². The van der Waals surface area contributed by atoms with Gasteiger partial charge in [0.05, 0.1) is 5.69 Å². The molecule has 24 heavy (non-hydrogen) atoms. The number of nitrogens with one attached hydrogen (secondary N) is 1. The van der Waals surface area contributed by atoms with Crippen LogP contribution in [0.2, 0.25) is 0 Å². The van der Waals surface area contributed by atoms with Crippen molar-refractivity contribution in [3.8, 4) is 0 Å². The number of hydrogen-bond donors (Lipinski definition) is 1. The van der Waals surface area contributed by atoms with Crippen LogP contribution < -0.4 is 5.32 Å². The summed E-state index contributed by atoms with van der Waals surface area (Å²) in [5.74, 6) is 0.750. The topological polar surface area (TPSA) is 59.3 Å². The molecule has 2 atom stereocenters. The second-order valence-corrected chi connectivity index (χ2v) is 7.25. The van der Waals surface area contributed by atoms with Crippen molar-refractivity contribution in [2.24, 2.45) is 5.92 Å². The first kappa shape index (κ1) is 16.9. The van der Waals surface area contributed by atoms with Crippen LogP contribution in [0.4, 0.5) is 0 Å². The van der Waals surface area contributed by atoms with Gasteiger partial charge in [0, 0.05) is 29.9 Å². The first-order valence-corrected chi connectivity index (χ1v) is 9.07. The lowest BCUT2D eigenvalue weighted by atomic mass is 9.86. The smallest absolute Gasteiger partial charge is 0.220 e. The number of aromatic nitrogens is 3. The van der Waals surface area contributed by atoms with Crippen molar-refractivity contribution in [2.45, 2.75) is 72.3 Å². The summed E-state index contributed by atoms with van der Waals surface area (Å²) in [6.45, 7) is 8.30. The van der Waals surface area contributed by atoms with Crippen molar-refractivity contribution >= 4 is 11.6 Å². The molecule has 5 heteroatoms. The number of aryl methyl sites for hydroxylation is 3. The molecule has 2 aromatic rings. The molecular formula is C19H28N4O. The zero-order valence-corrected chi connectivity index (χ0v) is 15.2. The van der Waals surface area contributed by atoms with Crippen LogP contribution in [0.5, 0.6) is 0 Å². The van der Waals surface area contributed by atoms with E-state index in [0.29, 0.717) is 24.8 Å². The van der Waals surface area contributed by atoms with Gasteiger partial charge in [-0.25, -0.2) is 9.50 Å². The maximum atomic E-state index is 12.4. The Bertz CT molecular complexity index is 749. The Morgan fingerprint density at radius 3 is 2.79 bits per heavy atom. The third-order valence-electron chi connectivity index (χ3n) is 5.35.